The second kappa shape index (κ2) is 8.09. The van der Waals surface area contributed by atoms with Gasteiger partial charge < -0.3 is 19.7 Å². The van der Waals surface area contributed by atoms with Crippen LogP contribution < -0.4 is 14.8 Å². The number of hydrogen-bond acceptors (Lipinski definition) is 5. The summed E-state index contributed by atoms with van der Waals surface area (Å²) in [5.74, 6) is 1.05. The van der Waals surface area contributed by atoms with Crippen molar-refractivity contribution in [1.29, 1.82) is 0 Å². The van der Waals surface area contributed by atoms with Crippen molar-refractivity contribution in [1.82, 2.24) is 20.4 Å². The van der Waals surface area contributed by atoms with Crippen molar-refractivity contribution >= 4 is 16.8 Å². The van der Waals surface area contributed by atoms with Crippen molar-refractivity contribution in [2.45, 2.75) is 6.54 Å². The lowest BCUT2D eigenvalue weighted by atomic mass is 9.98. The van der Waals surface area contributed by atoms with Gasteiger partial charge in [-0.05, 0) is 36.4 Å². The molecule has 0 saturated carbocycles. The summed E-state index contributed by atoms with van der Waals surface area (Å²) in [5.41, 5.74) is 3.93. The van der Waals surface area contributed by atoms with Gasteiger partial charge in [0, 0.05) is 31.6 Å². The first-order valence-electron chi connectivity index (χ1n) is 8.66. The van der Waals surface area contributed by atoms with E-state index in [0.717, 1.165) is 27.6 Å². The molecular formula is C20H24N4O3. The Bertz CT molecular complexity index is 950. The molecule has 0 unspecified atom stereocenters. The largest absolute Gasteiger partial charge is 0.493 e. The highest BCUT2D eigenvalue weighted by molar-refractivity contribution is 5.94. The Morgan fingerprint density at radius 2 is 2.11 bits per heavy atom. The summed E-state index contributed by atoms with van der Waals surface area (Å²) in [4.78, 5) is 13.4. The minimum Gasteiger partial charge on any atom is -0.493 e. The van der Waals surface area contributed by atoms with Gasteiger partial charge in [0.2, 0.25) is 0 Å². The predicted octanol–water partition coefficient (Wildman–Crippen LogP) is 2.42. The first kappa shape index (κ1) is 18.7. The van der Waals surface area contributed by atoms with E-state index < -0.39 is 0 Å². The van der Waals surface area contributed by atoms with E-state index in [1.54, 1.807) is 21.2 Å². The number of carbonyl (C=O) groups excluding carboxylic acids is 1. The summed E-state index contributed by atoms with van der Waals surface area (Å²) >= 11 is 0. The summed E-state index contributed by atoms with van der Waals surface area (Å²) in [5, 5.41) is 11.3. The molecule has 0 atom stereocenters. The molecule has 7 heteroatoms. The van der Waals surface area contributed by atoms with Crippen molar-refractivity contribution in [3.05, 3.63) is 42.1 Å². The van der Waals surface area contributed by atoms with E-state index in [2.05, 4.69) is 21.6 Å². The number of likely N-dealkylation sites (N-methyl/N-ethyl adjacent to an activating group) is 1. The average molecular weight is 368 g/mol. The number of H-pyrrole nitrogens is 1. The Labute approximate surface area is 158 Å². The number of aromatic nitrogens is 2. The molecule has 0 spiro atoms. The Morgan fingerprint density at radius 1 is 1.30 bits per heavy atom. The zero-order valence-corrected chi connectivity index (χ0v) is 16.0. The van der Waals surface area contributed by atoms with Crippen LogP contribution in [0.5, 0.6) is 11.5 Å². The van der Waals surface area contributed by atoms with E-state index in [1.807, 2.05) is 37.5 Å². The molecule has 1 aromatic heterocycles. The van der Waals surface area contributed by atoms with Crippen molar-refractivity contribution in [3.63, 3.8) is 0 Å². The van der Waals surface area contributed by atoms with Crippen LogP contribution in [0.4, 0.5) is 0 Å². The number of fused-ring (bicyclic) bond motifs is 1. The van der Waals surface area contributed by atoms with Gasteiger partial charge in [0.1, 0.15) is 0 Å². The lowest BCUT2D eigenvalue weighted by Gasteiger charge is -2.18. The van der Waals surface area contributed by atoms with E-state index in [9.17, 15) is 4.79 Å². The third-order valence-corrected chi connectivity index (χ3v) is 4.35. The second-order valence-electron chi connectivity index (χ2n) is 6.41. The van der Waals surface area contributed by atoms with Gasteiger partial charge in [0.25, 0.3) is 5.91 Å². The molecule has 0 radical (unpaired) electrons. The fraction of sp³-hybridized carbons (Fsp3) is 0.300. The number of nitrogens with one attached hydrogen (secondary N) is 2. The highest BCUT2D eigenvalue weighted by Gasteiger charge is 2.17. The Morgan fingerprint density at radius 3 is 2.81 bits per heavy atom. The standard InChI is InChI=1S/C20H24N4O3/c1-21-10-14-8-13(15-6-5-7-17-16(15)11-22-23-17)9-18(26-4)20(14)27-12-19(25)24(2)3/h5-9,11,21H,10,12H2,1-4H3,(H,22,23). The molecule has 2 aromatic carbocycles. The van der Waals surface area contributed by atoms with E-state index in [0.29, 0.717) is 18.0 Å². The third kappa shape index (κ3) is 3.88. The van der Waals surface area contributed by atoms with Crippen LogP contribution in [0.3, 0.4) is 0 Å². The maximum absolute atomic E-state index is 11.9. The lowest BCUT2D eigenvalue weighted by Crippen LogP contribution is -2.28. The molecule has 27 heavy (non-hydrogen) atoms. The molecule has 0 aliphatic rings. The molecule has 0 bridgehead atoms. The Kier molecular flexibility index (Phi) is 5.61. The molecule has 0 aliphatic carbocycles. The molecule has 0 aliphatic heterocycles. The van der Waals surface area contributed by atoms with Crippen LogP contribution in [0.1, 0.15) is 5.56 Å². The summed E-state index contributed by atoms with van der Waals surface area (Å²) in [7, 11) is 6.87. The first-order valence-corrected chi connectivity index (χ1v) is 8.66. The van der Waals surface area contributed by atoms with Crippen molar-refractivity contribution < 1.29 is 14.3 Å². The Hall–Kier alpha value is -3.06. The van der Waals surface area contributed by atoms with Gasteiger partial charge in [-0.3, -0.25) is 9.89 Å². The van der Waals surface area contributed by atoms with Gasteiger partial charge in [-0.2, -0.15) is 5.10 Å². The number of carbonyl (C=O) groups is 1. The Balaban J connectivity index is 2.06. The topological polar surface area (TPSA) is 79.5 Å². The van der Waals surface area contributed by atoms with E-state index in [-0.39, 0.29) is 12.5 Å². The fourth-order valence-electron chi connectivity index (χ4n) is 2.94. The van der Waals surface area contributed by atoms with Gasteiger partial charge in [-0.15, -0.1) is 0 Å². The van der Waals surface area contributed by atoms with E-state index in [4.69, 9.17) is 9.47 Å². The van der Waals surface area contributed by atoms with Gasteiger partial charge in [0.15, 0.2) is 18.1 Å². The van der Waals surface area contributed by atoms with Crippen molar-refractivity contribution in [2.24, 2.45) is 0 Å². The zero-order valence-electron chi connectivity index (χ0n) is 16.0. The smallest absolute Gasteiger partial charge is 0.259 e. The van der Waals surface area contributed by atoms with Crippen LogP contribution in [0, 0.1) is 0 Å². The molecule has 0 saturated heterocycles. The first-order chi connectivity index (χ1) is 13.0. The quantitative estimate of drug-likeness (QED) is 0.670. The normalized spacial score (nSPS) is 10.8. The molecular weight excluding hydrogens is 344 g/mol. The molecule has 7 nitrogen and oxygen atoms in total. The zero-order chi connectivity index (χ0) is 19.4. The van der Waals surface area contributed by atoms with Crippen molar-refractivity contribution in [3.8, 4) is 22.6 Å². The molecule has 3 aromatic rings. The third-order valence-electron chi connectivity index (χ3n) is 4.35. The van der Waals surface area contributed by atoms with E-state index >= 15 is 0 Å². The maximum Gasteiger partial charge on any atom is 0.259 e. The SMILES string of the molecule is CNCc1cc(-c2cccc3[nH]ncc23)cc(OC)c1OCC(=O)N(C)C. The lowest BCUT2D eigenvalue weighted by molar-refractivity contribution is -0.130. The molecule has 142 valence electrons. The molecule has 3 rings (SSSR count). The van der Waals surface area contributed by atoms with Crippen molar-refractivity contribution in [2.75, 3.05) is 34.9 Å². The van der Waals surface area contributed by atoms with Crippen LogP contribution in [0.15, 0.2) is 36.5 Å². The summed E-state index contributed by atoms with van der Waals surface area (Å²) < 4.78 is 11.4. The average Bonchev–Trinajstić information content (AvgIpc) is 3.15. The van der Waals surface area contributed by atoms with Crippen LogP contribution in [-0.2, 0) is 11.3 Å². The number of benzene rings is 2. The fourth-order valence-corrected chi connectivity index (χ4v) is 2.94. The maximum atomic E-state index is 11.9. The number of aromatic amines is 1. The minimum atomic E-state index is -0.111. The molecule has 0 fully saturated rings. The number of ether oxygens (including phenoxy) is 2. The monoisotopic (exact) mass is 368 g/mol. The van der Waals surface area contributed by atoms with Crippen LogP contribution >= 0.6 is 0 Å². The van der Waals surface area contributed by atoms with Gasteiger partial charge in [-0.1, -0.05) is 12.1 Å². The highest BCUT2D eigenvalue weighted by atomic mass is 16.5. The summed E-state index contributed by atoms with van der Waals surface area (Å²) in [6.45, 7) is 0.536. The van der Waals surface area contributed by atoms with Crippen LogP contribution in [0.25, 0.3) is 22.0 Å². The summed E-state index contributed by atoms with van der Waals surface area (Å²) in [6, 6.07) is 10.0. The van der Waals surface area contributed by atoms with E-state index in [1.165, 1.54) is 4.90 Å². The number of nitrogens with zero attached hydrogens (tertiary/aromatic N) is 2. The molecule has 2 N–H and O–H groups in total. The summed E-state index contributed by atoms with van der Waals surface area (Å²) in [6.07, 6.45) is 1.81. The number of rotatable bonds is 7. The number of amides is 1. The van der Waals surface area contributed by atoms with Gasteiger partial charge >= 0.3 is 0 Å². The second-order valence-corrected chi connectivity index (χ2v) is 6.41. The predicted molar refractivity (Wildman–Crippen MR) is 105 cm³/mol. The molecule has 1 amide bonds. The number of hydrogen-bond donors (Lipinski definition) is 2. The minimum absolute atomic E-state index is 0.0449. The number of methoxy groups -OCH3 is 1. The molecule has 1 heterocycles. The highest BCUT2D eigenvalue weighted by Crippen LogP contribution is 2.38. The van der Waals surface area contributed by atoms with Crippen LogP contribution in [-0.4, -0.2) is 55.9 Å². The van der Waals surface area contributed by atoms with Gasteiger partial charge in [0.05, 0.1) is 18.8 Å². The van der Waals surface area contributed by atoms with Gasteiger partial charge in [-0.25, -0.2) is 0 Å². The van der Waals surface area contributed by atoms with Crippen LogP contribution in [0.2, 0.25) is 0 Å².